The van der Waals surface area contributed by atoms with Crippen LogP contribution < -0.4 is 5.32 Å². The molecule has 1 aromatic heterocycles. The number of halogens is 1. The maximum absolute atomic E-state index is 3.57. The maximum atomic E-state index is 3.57. The third-order valence-corrected chi connectivity index (χ3v) is 5.00. The van der Waals surface area contributed by atoms with Gasteiger partial charge in [0.1, 0.15) is 0 Å². The first-order valence-corrected chi connectivity index (χ1v) is 8.03. The van der Waals surface area contributed by atoms with Crippen molar-refractivity contribution in [1.29, 1.82) is 0 Å². The Balaban J connectivity index is 2.11. The predicted octanol–water partition coefficient (Wildman–Crippen LogP) is 3.50. The van der Waals surface area contributed by atoms with Crippen molar-refractivity contribution in [1.82, 2.24) is 10.2 Å². The van der Waals surface area contributed by atoms with Crippen molar-refractivity contribution in [2.75, 3.05) is 26.2 Å². The molecule has 1 saturated heterocycles. The van der Waals surface area contributed by atoms with E-state index in [2.05, 4.69) is 51.4 Å². The second-order valence-corrected chi connectivity index (χ2v) is 6.96. The minimum Gasteiger partial charge on any atom is -0.314 e. The van der Waals surface area contributed by atoms with Gasteiger partial charge in [-0.05, 0) is 34.3 Å². The minimum absolute atomic E-state index is 0.605. The number of nitrogens with zero attached hydrogens (tertiary/aromatic N) is 1. The van der Waals surface area contributed by atoms with E-state index in [4.69, 9.17) is 0 Å². The molecular weight excluding hydrogens is 296 g/mol. The Morgan fingerprint density at radius 2 is 2.12 bits per heavy atom. The molecule has 0 radical (unpaired) electrons. The molecule has 1 aliphatic rings. The Morgan fingerprint density at radius 1 is 1.41 bits per heavy atom. The van der Waals surface area contributed by atoms with Gasteiger partial charge in [0.2, 0.25) is 0 Å². The molecule has 4 heteroatoms. The van der Waals surface area contributed by atoms with Crippen molar-refractivity contribution >= 4 is 27.3 Å². The predicted molar refractivity (Wildman–Crippen MR) is 78.7 cm³/mol. The van der Waals surface area contributed by atoms with E-state index in [0.717, 1.165) is 19.0 Å². The standard InChI is InChI=1S/C13H21BrN2S/c1-10(2)7-12(13-8-11(14)9-17-13)16-5-3-15-4-6-16/h8-10,12,15H,3-7H2,1-2H3/t12-/m1/s1. The molecular formula is C13H21BrN2S. The largest absolute Gasteiger partial charge is 0.314 e. The lowest BCUT2D eigenvalue weighted by Crippen LogP contribution is -2.45. The van der Waals surface area contributed by atoms with Crippen LogP contribution in [0.3, 0.4) is 0 Å². The van der Waals surface area contributed by atoms with Crippen LogP contribution in [-0.4, -0.2) is 31.1 Å². The summed E-state index contributed by atoms with van der Waals surface area (Å²) in [5, 5.41) is 5.63. The van der Waals surface area contributed by atoms with Crippen LogP contribution in [0.25, 0.3) is 0 Å². The van der Waals surface area contributed by atoms with Gasteiger partial charge in [0.15, 0.2) is 0 Å². The van der Waals surface area contributed by atoms with E-state index in [1.165, 1.54) is 28.9 Å². The first-order chi connectivity index (χ1) is 8.16. The normalized spacial score (nSPS) is 19.8. The van der Waals surface area contributed by atoms with E-state index in [9.17, 15) is 0 Å². The summed E-state index contributed by atoms with van der Waals surface area (Å²) >= 11 is 5.45. The van der Waals surface area contributed by atoms with Gasteiger partial charge in [-0.3, -0.25) is 4.90 Å². The fourth-order valence-corrected chi connectivity index (χ4v) is 3.98. The molecule has 0 aromatic carbocycles. The molecule has 0 spiro atoms. The van der Waals surface area contributed by atoms with Crippen LogP contribution in [0.4, 0.5) is 0 Å². The molecule has 1 aliphatic heterocycles. The number of piperazine rings is 1. The third-order valence-electron chi connectivity index (χ3n) is 3.20. The summed E-state index contributed by atoms with van der Waals surface area (Å²) in [5.74, 6) is 0.746. The van der Waals surface area contributed by atoms with Crippen LogP contribution in [0, 0.1) is 5.92 Å². The fraction of sp³-hybridized carbons (Fsp3) is 0.692. The monoisotopic (exact) mass is 316 g/mol. The molecule has 0 aliphatic carbocycles. The minimum atomic E-state index is 0.605. The van der Waals surface area contributed by atoms with E-state index in [-0.39, 0.29) is 0 Å². The van der Waals surface area contributed by atoms with Gasteiger partial charge in [-0.1, -0.05) is 13.8 Å². The summed E-state index contributed by atoms with van der Waals surface area (Å²) in [7, 11) is 0. The summed E-state index contributed by atoms with van der Waals surface area (Å²) < 4.78 is 1.22. The van der Waals surface area contributed by atoms with Gasteiger partial charge in [0.05, 0.1) is 0 Å². The Hall–Kier alpha value is 0.1000. The van der Waals surface area contributed by atoms with Crippen LogP contribution in [0.1, 0.15) is 31.2 Å². The van der Waals surface area contributed by atoms with Crippen LogP contribution in [-0.2, 0) is 0 Å². The second kappa shape index (κ2) is 6.32. The lowest BCUT2D eigenvalue weighted by molar-refractivity contribution is 0.156. The smallest absolute Gasteiger partial charge is 0.0445 e. The molecule has 2 heterocycles. The van der Waals surface area contributed by atoms with Gasteiger partial charge in [0.25, 0.3) is 0 Å². The van der Waals surface area contributed by atoms with Gasteiger partial charge in [-0.25, -0.2) is 0 Å². The van der Waals surface area contributed by atoms with Crippen molar-refractivity contribution in [3.8, 4) is 0 Å². The number of thiophene rings is 1. The number of hydrogen-bond donors (Lipinski definition) is 1. The van der Waals surface area contributed by atoms with Crippen LogP contribution in [0.2, 0.25) is 0 Å². The molecule has 0 saturated carbocycles. The number of nitrogens with one attached hydrogen (secondary N) is 1. The van der Waals surface area contributed by atoms with E-state index < -0.39 is 0 Å². The van der Waals surface area contributed by atoms with Crippen LogP contribution >= 0.6 is 27.3 Å². The highest BCUT2D eigenvalue weighted by Gasteiger charge is 2.24. The van der Waals surface area contributed by atoms with E-state index >= 15 is 0 Å². The number of hydrogen-bond acceptors (Lipinski definition) is 3. The van der Waals surface area contributed by atoms with Crippen LogP contribution in [0.5, 0.6) is 0 Å². The zero-order valence-corrected chi connectivity index (χ0v) is 13.0. The molecule has 1 aromatic rings. The van der Waals surface area contributed by atoms with Crippen LogP contribution in [0.15, 0.2) is 15.9 Å². The molecule has 1 N–H and O–H groups in total. The van der Waals surface area contributed by atoms with Gasteiger partial charge in [-0.2, -0.15) is 0 Å². The van der Waals surface area contributed by atoms with Gasteiger partial charge < -0.3 is 5.32 Å². The average Bonchev–Trinajstić information content (AvgIpc) is 2.73. The van der Waals surface area contributed by atoms with E-state index in [1.807, 2.05) is 11.3 Å². The SMILES string of the molecule is CC(C)C[C@H](c1cc(Br)cs1)N1CCNCC1. The first-order valence-electron chi connectivity index (χ1n) is 6.35. The van der Waals surface area contributed by atoms with Gasteiger partial charge in [-0.15, -0.1) is 11.3 Å². The lowest BCUT2D eigenvalue weighted by atomic mass is 10.0. The second-order valence-electron chi connectivity index (χ2n) is 5.10. The molecule has 0 bridgehead atoms. The quantitative estimate of drug-likeness (QED) is 0.914. The molecule has 0 amide bonds. The average molecular weight is 317 g/mol. The molecule has 1 fully saturated rings. The van der Waals surface area contributed by atoms with Crippen molar-refractivity contribution in [2.24, 2.45) is 5.92 Å². The Bertz CT molecular complexity index is 345. The summed E-state index contributed by atoms with van der Waals surface area (Å²) in [6, 6.07) is 2.90. The van der Waals surface area contributed by atoms with Crippen molar-refractivity contribution < 1.29 is 0 Å². The zero-order chi connectivity index (χ0) is 12.3. The molecule has 96 valence electrons. The first kappa shape index (κ1) is 13.5. The van der Waals surface area contributed by atoms with Crippen molar-refractivity contribution in [3.05, 3.63) is 20.8 Å². The fourth-order valence-electron chi connectivity index (χ4n) is 2.39. The summed E-state index contributed by atoms with van der Waals surface area (Å²) in [6.45, 7) is 9.23. The molecule has 2 rings (SSSR count). The molecule has 0 unspecified atom stereocenters. The molecule has 17 heavy (non-hydrogen) atoms. The highest BCUT2D eigenvalue weighted by Crippen LogP contribution is 2.33. The third kappa shape index (κ3) is 3.78. The van der Waals surface area contributed by atoms with Gasteiger partial charge in [0, 0.05) is 47.0 Å². The summed E-state index contributed by atoms with van der Waals surface area (Å²) in [5.41, 5.74) is 0. The summed E-state index contributed by atoms with van der Waals surface area (Å²) in [4.78, 5) is 4.14. The lowest BCUT2D eigenvalue weighted by Gasteiger charge is -2.35. The summed E-state index contributed by atoms with van der Waals surface area (Å²) in [6.07, 6.45) is 1.26. The topological polar surface area (TPSA) is 15.3 Å². The van der Waals surface area contributed by atoms with Crippen molar-refractivity contribution in [3.63, 3.8) is 0 Å². The Morgan fingerprint density at radius 3 is 2.65 bits per heavy atom. The number of rotatable bonds is 4. The van der Waals surface area contributed by atoms with E-state index in [0.29, 0.717) is 6.04 Å². The molecule has 1 atom stereocenters. The Kier molecular flexibility index (Phi) is 5.03. The highest BCUT2D eigenvalue weighted by atomic mass is 79.9. The van der Waals surface area contributed by atoms with Gasteiger partial charge >= 0.3 is 0 Å². The maximum Gasteiger partial charge on any atom is 0.0445 e. The van der Waals surface area contributed by atoms with Crippen molar-refractivity contribution in [2.45, 2.75) is 26.3 Å². The van der Waals surface area contributed by atoms with E-state index in [1.54, 1.807) is 0 Å². The molecule has 2 nitrogen and oxygen atoms in total. The highest BCUT2D eigenvalue weighted by molar-refractivity contribution is 9.10. The Labute approximate surface area is 117 Å². The zero-order valence-electron chi connectivity index (χ0n) is 10.6.